The van der Waals surface area contributed by atoms with Crippen molar-refractivity contribution >= 4 is 17.3 Å². The Kier molecular flexibility index (Phi) is 3.07. The Morgan fingerprint density at radius 1 is 1.47 bits per heavy atom. The third-order valence-corrected chi connectivity index (χ3v) is 3.72. The molecule has 0 saturated carbocycles. The van der Waals surface area contributed by atoms with Crippen molar-refractivity contribution in [3.8, 4) is 10.6 Å². The van der Waals surface area contributed by atoms with Crippen LogP contribution in [0.2, 0.25) is 0 Å². The van der Waals surface area contributed by atoms with Crippen LogP contribution >= 0.6 is 11.3 Å². The van der Waals surface area contributed by atoms with Crippen molar-refractivity contribution in [3.63, 3.8) is 0 Å². The van der Waals surface area contributed by atoms with Crippen LogP contribution in [-0.2, 0) is 7.05 Å². The number of carboxylic acid groups (broad SMARTS) is 1. The Labute approximate surface area is 104 Å². The molecule has 1 N–H and O–H groups in total. The third-order valence-electron chi connectivity index (χ3n) is 2.83. The van der Waals surface area contributed by atoms with Gasteiger partial charge in [0.05, 0.1) is 16.1 Å². The van der Waals surface area contributed by atoms with Gasteiger partial charge in [-0.3, -0.25) is 0 Å². The number of thiophene rings is 1. The van der Waals surface area contributed by atoms with E-state index in [1.165, 1.54) is 0 Å². The van der Waals surface area contributed by atoms with E-state index in [1.54, 1.807) is 17.4 Å². The average molecular weight is 249 g/mol. The number of rotatable bonds is 3. The molecule has 0 spiro atoms. The van der Waals surface area contributed by atoms with Crippen molar-refractivity contribution in [3.05, 3.63) is 34.8 Å². The Balaban J connectivity index is 2.64. The van der Waals surface area contributed by atoms with E-state index < -0.39 is 5.97 Å². The number of aromatic nitrogens is 1. The van der Waals surface area contributed by atoms with Crippen molar-refractivity contribution in [2.75, 3.05) is 0 Å². The molecule has 0 aliphatic carbocycles. The van der Waals surface area contributed by atoms with Crippen LogP contribution in [0.1, 0.15) is 35.8 Å². The van der Waals surface area contributed by atoms with Gasteiger partial charge in [0.2, 0.25) is 0 Å². The smallest absolute Gasteiger partial charge is 0.337 e. The molecule has 90 valence electrons. The molecule has 0 unspecified atom stereocenters. The number of hydrogen-bond donors (Lipinski definition) is 1. The van der Waals surface area contributed by atoms with E-state index in [0.29, 0.717) is 5.56 Å². The van der Waals surface area contributed by atoms with Crippen LogP contribution in [0.4, 0.5) is 0 Å². The molecule has 0 aliphatic rings. The molecule has 0 amide bonds. The first-order valence-corrected chi connectivity index (χ1v) is 6.37. The van der Waals surface area contributed by atoms with Gasteiger partial charge >= 0.3 is 5.97 Å². The Bertz CT molecular complexity index is 538. The highest BCUT2D eigenvalue weighted by atomic mass is 32.1. The van der Waals surface area contributed by atoms with Gasteiger partial charge in [-0.15, -0.1) is 11.3 Å². The Hall–Kier alpha value is -1.55. The molecule has 2 aromatic rings. The fourth-order valence-electron chi connectivity index (χ4n) is 2.15. The van der Waals surface area contributed by atoms with Gasteiger partial charge < -0.3 is 9.67 Å². The lowest BCUT2D eigenvalue weighted by Gasteiger charge is -2.10. The summed E-state index contributed by atoms with van der Waals surface area (Å²) in [5.41, 5.74) is 2.26. The topological polar surface area (TPSA) is 42.2 Å². The second kappa shape index (κ2) is 4.37. The summed E-state index contributed by atoms with van der Waals surface area (Å²) in [6, 6.07) is 5.75. The zero-order valence-electron chi connectivity index (χ0n) is 10.1. The maximum absolute atomic E-state index is 11.3. The largest absolute Gasteiger partial charge is 0.478 e. The highest BCUT2D eigenvalue weighted by Crippen LogP contribution is 2.31. The zero-order chi connectivity index (χ0) is 12.6. The van der Waals surface area contributed by atoms with Crippen molar-refractivity contribution < 1.29 is 9.90 Å². The fraction of sp³-hybridized carbons (Fsp3) is 0.308. The molecule has 2 rings (SSSR count). The predicted molar refractivity (Wildman–Crippen MR) is 69.8 cm³/mol. The molecule has 0 bridgehead atoms. The van der Waals surface area contributed by atoms with Crippen molar-refractivity contribution in [2.45, 2.75) is 19.8 Å². The molecule has 0 atom stereocenters. The monoisotopic (exact) mass is 249 g/mol. The van der Waals surface area contributed by atoms with Crippen LogP contribution in [0.3, 0.4) is 0 Å². The van der Waals surface area contributed by atoms with Gasteiger partial charge in [0.1, 0.15) is 0 Å². The maximum atomic E-state index is 11.3. The number of nitrogens with zero attached hydrogens (tertiary/aromatic N) is 1. The van der Waals surface area contributed by atoms with Crippen molar-refractivity contribution in [2.24, 2.45) is 7.05 Å². The van der Waals surface area contributed by atoms with Gasteiger partial charge in [0.15, 0.2) is 0 Å². The maximum Gasteiger partial charge on any atom is 0.337 e. The summed E-state index contributed by atoms with van der Waals surface area (Å²) >= 11 is 1.62. The number of carbonyl (C=O) groups is 1. The van der Waals surface area contributed by atoms with Crippen LogP contribution in [0, 0.1) is 0 Å². The summed E-state index contributed by atoms with van der Waals surface area (Å²) in [6.07, 6.45) is 0. The highest BCUT2D eigenvalue weighted by Gasteiger charge is 2.20. The summed E-state index contributed by atoms with van der Waals surface area (Å²) in [4.78, 5) is 12.4. The molecule has 3 nitrogen and oxygen atoms in total. The first-order valence-electron chi connectivity index (χ1n) is 5.49. The first-order chi connectivity index (χ1) is 8.02. The molecule has 0 radical (unpaired) electrons. The summed E-state index contributed by atoms with van der Waals surface area (Å²) in [6.45, 7) is 4.03. The van der Waals surface area contributed by atoms with Gasteiger partial charge in [0.25, 0.3) is 0 Å². The molecule has 4 heteroatoms. The number of aromatic carboxylic acids is 1. The second-order valence-electron chi connectivity index (χ2n) is 4.32. The number of carboxylic acids is 1. The second-order valence-corrected chi connectivity index (χ2v) is 5.27. The van der Waals surface area contributed by atoms with E-state index >= 15 is 0 Å². The minimum absolute atomic E-state index is 0.194. The van der Waals surface area contributed by atoms with E-state index in [-0.39, 0.29) is 5.92 Å². The summed E-state index contributed by atoms with van der Waals surface area (Å²) in [5, 5.41) is 11.2. The lowest BCUT2D eigenvalue weighted by molar-refractivity contribution is 0.0695. The highest BCUT2D eigenvalue weighted by molar-refractivity contribution is 7.13. The lowest BCUT2D eigenvalue weighted by atomic mass is 10.1. The van der Waals surface area contributed by atoms with Gasteiger partial charge in [-0.25, -0.2) is 4.79 Å². The van der Waals surface area contributed by atoms with Crippen LogP contribution in [0.15, 0.2) is 23.6 Å². The molecule has 0 saturated heterocycles. The minimum Gasteiger partial charge on any atom is -0.478 e. The third kappa shape index (κ3) is 2.00. The van der Waals surface area contributed by atoms with E-state index in [4.69, 9.17) is 0 Å². The Morgan fingerprint density at radius 2 is 2.18 bits per heavy atom. The van der Waals surface area contributed by atoms with Gasteiger partial charge in [-0.2, -0.15) is 0 Å². The van der Waals surface area contributed by atoms with Crippen LogP contribution in [0.5, 0.6) is 0 Å². The van der Waals surface area contributed by atoms with E-state index in [2.05, 4.69) is 0 Å². The zero-order valence-corrected chi connectivity index (χ0v) is 10.9. The van der Waals surface area contributed by atoms with Crippen molar-refractivity contribution in [1.82, 2.24) is 4.57 Å². The molecule has 17 heavy (non-hydrogen) atoms. The predicted octanol–water partition coefficient (Wildman–Crippen LogP) is 3.58. The lowest BCUT2D eigenvalue weighted by Crippen LogP contribution is -2.06. The summed E-state index contributed by atoms with van der Waals surface area (Å²) in [5.74, 6) is -0.660. The van der Waals surface area contributed by atoms with Crippen LogP contribution < -0.4 is 0 Å². The molecular weight excluding hydrogens is 234 g/mol. The van der Waals surface area contributed by atoms with Crippen LogP contribution in [0.25, 0.3) is 10.6 Å². The van der Waals surface area contributed by atoms with E-state index in [0.717, 1.165) is 16.3 Å². The summed E-state index contributed by atoms with van der Waals surface area (Å²) < 4.78 is 1.99. The standard InChI is InChI=1S/C13H15NO2S/c1-8(2)12-9(13(15)16)7-10(14(12)3)11-5-4-6-17-11/h4-8H,1-3H3,(H,15,16). The molecule has 0 fully saturated rings. The molecular formula is C13H15NO2S. The molecule has 0 aromatic carbocycles. The van der Waals surface area contributed by atoms with Gasteiger partial charge in [0, 0.05) is 12.7 Å². The average Bonchev–Trinajstić information content (AvgIpc) is 2.83. The van der Waals surface area contributed by atoms with E-state index in [9.17, 15) is 9.90 Å². The van der Waals surface area contributed by atoms with Crippen LogP contribution in [-0.4, -0.2) is 15.6 Å². The Morgan fingerprint density at radius 3 is 2.59 bits per heavy atom. The molecule has 0 aliphatic heterocycles. The fourth-order valence-corrected chi connectivity index (χ4v) is 2.93. The molecule has 2 aromatic heterocycles. The number of hydrogen-bond acceptors (Lipinski definition) is 2. The SMILES string of the molecule is CC(C)c1c(C(=O)O)cc(-c2cccs2)n1C. The van der Waals surface area contributed by atoms with Gasteiger partial charge in [-0.05, 0) is 23.4 Å². The normalized spacial score (nSPS) is 11.1. The quantitative estimate of drug-likeness (QED) is 0.903. The first kappa shape index (κ1) is 11.9. The molecule has 2 heterocycles. The summed E-state index contributed by atoms with van der Waals surface area (Å²) in [7, 11) is 1.93. The van der Waals surface area contributed by atoms with Gasteiger partial charge in [-0.1, -0.05) is 19.9 Å². The minimum atomic E-state index is -0.855. The van der Waals surface area contributed by atoms with Crippen molar-refractivity contribution in [1.29, 1.82) is 0 Å². The van der Waals surface area contributed by atoms with E-state index in [1.807, 2.05) is 43.0 Å².